The maximum atomic E-state index is 13.3. The van der Waals surface area contributed by atoms with Crippen LogP contribution in [0.1, 0.15) is 51.6 Å². The van der Waals surface area contributed by atoms with Crippen LogP contribution in [0.2, 0.25) is 0 Å². The first-order valence-corrected chi connectivity index (χ1v) is 12.4. The second kappa shape index (κ2) is 10.1. The number of allylic oxidation sites excluding steroid dienone is 1. The maximum Gasteiger partial charge on any atom is 0.338 e. The Hall–Kier alpha value is -2.94. The predicted molar refractivity (Wildman–Crippen MR) is 132 cm³/mol. The Morgan fingerprint density at radius 2 is 1.91 bits per heavy atom. The van der Waals surface area contributed by atoms with Gasteiger partial charge in [0, 0.05) is 30.4 Å². The zero-order valence-corrected chi connectivity index (χ0v) is 21.1. The van der Waals surface area contributed by atoms with Gasteiger partial charge in [0.2, 0.25) is 5.91 Å². The Kier molecular flexibility index (Phi) is 7.21. The Morgan fingerprint density at radius 1 is 1.18 bits per heavy atom. The molecule has 34 heavy (non-hydrogen) atoms. The highest BCUT2D eigenvalue weighted by molar-refractivity contribution is 8.16. The van der Waals surface area contributed by atoms with E-state index in [9.17, 15) is 9.59 Å². The summed E-state index contributed by atoms with van der Waals surface area (Å²) < 4.78 is 16.7. The zero-order valence-electron chi connectivity index (χ0n) is 20.3. The number of methoxy groups -OCH3 is 2. The lowest BCUT2D eigenvalue weighted by molar-refractivity contribution is -0.143. The summed E-state index contributed by atoms with van der Waals surface area (Å²) in [7, 11) is 3.18. The average molecular weight is 486 g/mol. The van der Waals surface area contributed by atoms with Gasteiger partial charge >= 0.3 is 5.97 Å². The lowest BCUT2D eigenvalue weighted by atomic mass is 9.93. The molecule has 0 spiro atoms. The summed E-state index contributed by atoms with van der Waals surface area (Å²) in [5, 5.41) is 2.69. The van der Waals surface area contributed by atoms with Crippen molar-refractivity contribution in [1.29, 1.82) is 0 Å². The van der Waals surface area contributed by atoms with Gasteiger partial charge in [-0.3, -0.25) is 4.79 Å². The molecule has 1 unspecified atom stereocenters. The molecule has 0 N–H and O–H groups in total. The van der Waals surface area contributed by atoms with Crippen LogP contribution in [0.3, 0.4) is 0 Å². The van der Waals surface area contributed by atoms with Crippen LogP contribution < -0.4 is 9.47 Å². The number of thioether (sulfide) groups is 1. The van der Waals surface area contributed by atoms with Gasteiger partial charge in [-0.25, -0.2) is 9.79 Å². The van der Waals surface area contributed by atoms with E-state index in [1.54, 1.807) is 20.3 Å². The van der Waals surface area contributed by atoms with Crippen molar-refractivity contribution in [2.24, 2.45) is 4.99 Å². The van der Waals surface area contributed by atoms with Crippen molar-refractivity contribution in [2.75, 3.05) is 27.3 Å². The number of carbonyl (C=O) groups is 2. The molecule has 8 nitrogen and oxygen atoms in total. The molecule has 1 saturated heterocycles. The fourth-order valence-electron chi connectivity index (χ4n) is 4.48. The first-order chi connectivity index (χ1) is 16.3. The average Bonchev–Trinajstić information content (AvgIpc) is 3.48. The number of amides is 1. The fraction of sp³-hybridized carbons (Fsp3) is 0.480. The summed E-state index contributed by atoms with van der Waals surface area (Å²) >= 11 is 1.46. The summed E-state index contributed by atoms with van der Waals surface area (Å²) in [6.07, 6.45) is 2.03. The standard InChI is InChI=1S/C25H31N3O5S/c1-15(2)33-24(30)22-16(3)26-25-28(17(14-34-25)12-21(29)27-10-6-7-11-27)23(22)19-9-8-18(31-4)13-20(19)32-5/h8-9,13-15,23H,6-7,10-12H2,1-5H3. The van der Waals surface area contributed by atoms with Gasteiger partial charge in [-0.2, -0.15) is 0 Å². The van der Waals surface area contributed by atoms with Crippen molar-refractivity contribution in [3.05, 3.63) is 46.1 Å². The monoisotopic (exact) mass is 485 g/mol. The number of esters is 1. The third-order valence-corrected chi connectivity index (χ3v) is 6.98. The number of aliphatic imine (C=N–C) groups is 1. The molecule has 0 aliphatic carbocycles. The van der Waals surface area contributed by atoms with Crippen molar-refractivity contribution in [3.63, 3.8) is 0 Å². The van der Waals surface area contributed by atoms with Gasteiger partial charge in [0.05, 0.1) is 44.1 Å². The number of amidine groups is 1. The molecule has 182 valence electrons. The minimum Gasteiger partial charge on any atom is -0.497 e. The highest BCUT2D eigenvalue weighted by Gasteiger charge is 2.43. The first-order valence-electron chi connectivity index (χ1n) is 11.5. The normalized spacial score (nSPS) is 19.8. The van der Waals surface area contributed by atoms with Crippen molar-refractivity contribution in [3.8, 4) is 11.5 Å². The SMILES string of the molecule is COc1ccc(C2C(C(=O)OC(C)C)=C(C)N=C3SC=C(CC(=O)N4CCCC4)N32)c(OC)c1. The van der Waals surface area contributed by atoms with Gasteiger partial charge in [-0.15, -0.1) is 0 Å². The molecule has 1 amide bonds. The number of benzene rings is 1. The van der Waals surface area contributed by atoms with E-state index in [0.29, 0.717) is 22.8 Å². The summed E-state index contributed by atoms with van der Waals surface area (Å²) in [6.45, 7) is 7.04. The number of hydrogen-bond acceptors (Lipinski definition) is 8. The molecule has 3 aliphatic heterocycles. The van der Waals surface area contributed by atoms with E-state index in [1.807, 2.05) is 48.1 Å². The molecule has 1 fully saturated rings. The summed E-state index contributed by atoms with van der Waals surface area (Å²) in [6, 6.07) is 4.98. The Labute approximate surface area is 204 Å². The summed E-state index contributed by atoms with van der Waals surface area (Å²) in [5.41, 5.74) is 2.61. The lowest BCUT2D eigenvalue weighted by Gasteiger charge is -2.37. The Morgan fingerprint density at radius 3 is 2.56 bits per heavy atom. The third-order valence-electron chi connectivity index (χ3n) is 6.09. The smallest absolute Gasteiger partial charge is 0.338 e. The van der Waals surface area contributed by atoms with Crippen molar-refractivity contribution in [1.82, 2.24) is 9.80 Å². The molecule has 0 radical (unpaired) electrons. The molecule has 3 heterocycles. The minimum atomic E-state index is -0.549. The number of nitrogens with zero attached hydrogens (tertiary/aromatic N) is 3. The minimum absolute atomic E-state index is 0.0867. The molecular formula is C25H31N3O5S. The number of likely N-dealkylation sites (tertiary alicyclic amines) is 1. The topological polar surface area (TPSA) is 80.7 Å². The maximum absolute atomic E-state index is 13.3. The molecule has 0 saturated carbocycles. The summed E-state index contributed by atoms with van der Waals surface area (Å²) in [4.78, 5) is 34.9. The molecule has 9 heteroatoms. The molecule has 4 rings (SSSR count). The van der Waals surface area contributed by atoms with Gasteiger partial charge in [0.15, 0.2) is 5.17 Å². The number of carbonyl (C=O) groups excluding carboxylic acids is 2. The Balaban J connectivity index is 1.78. The van der Waals surface area contributed by atoms with Crippen LogP contribution in [0, 0.1) is 0 Å². The van der Waals surface area contributed by atoms with E-state index in [1.165, 1.54) is 11.8 Å². The summed E-state index contributed by atoms with van der Waals surface area (Å²) in [5.74, 6) is 0.882. The number of rotatable bonds is 7. The quantitative estimate of drug-likeness (QED) is 0.534. The fourth-order valence-corrected chi connectivity index (χ4v) is 5.44. The molecule has 1 aromatic rings. The van der Waals surface area contributed by atoms with E-state index in [0.717, 1.165) is 42.4 Å². The zero-order chi connectivity index (χ0) is 24.4. The number of fused-ring (bicyclic) bond motifs is 1. The molecule has 1 aromatic carbocycles. The second-order valence-electron chi connectivity index (χ2n) is 8.72. The van der Waals surface area contributed by atoms with Gasteiger partial charge < -0.3 is 24.0 Å². The van der Waals surface area contributed by atoms with Gasteiger partial charge in [-0.05, 0) is 51.2 Å². The molecule has 0 aromatic heterocycles. The molecule has 1 atom stereocenters. The van der Waals surface area contributed by atoms with Crippen LogP contribution in [0.5, 0.6) is 11.5 Å². The Bertz CT molecular complexity index is 1070. The third kappa shape index (κ3) is 4.66. The second-order valence-corrected chi connectivity index (χ2v) is 9.56. The van der Waals surface area contributed by atoms with Crippen molar-refractivity contribution < 1.29 is 23.8 Å². The van der Waals surface area contributed by atoms with Crippen LogP contribution in [0.4, 0.5) is 0 Å². The predicted octanol–water partition coefficient (Wildman–Crippen LogP) is 4.24. The van der Waals surface area contributed by atoms with Crippen LogP contribution in [0.25, 0.3) is 0 Å². The number of ether oxygens (including phenoxy) is 3. The highest BCUT2D eigenvalue weighted by atomic mass is 32.2. The lowest BCUT2D eigenvalue weighted by Crippen LogP contribution is -2.38. The van der Waals surface area contributed by atoms with Gasteiger partial charge in [0.25, 0.3) is 0 Å². The van der Waals surface area contributed by atoms with E-state index < -0.39 is 12.0 Å². The largest absolute Gasteiger partial charge is 0.497 e. The van der Waals surface area contributed by atoms with Crippen molar-refractivity contribution >= 4 is 28.8 Å². The van der Waals surface area contributed by atoms with Gasteiger partial charge in [0.1, 0.15) is 11.5 Å². The van der Waals surface area contributed by atoms with Crippen molar-refractivity contribution in [2.45, 2.75) is 52.2 Å². The van der Waals surface area contributed by atoms with E-state index >= 15 is 0 Å². The van der Waals surface area contributed by atoms with E-state index in [-0.39, 0.29) is 18.4 Å². The molecule has 3 aliphatic rings. The highest BCUT2D eigenvalue weighted by Crippen LogP contribution is 2.47. The van der Waals surface area contributed by atoms with Crippen LogP contribution in [0.15, 0.2) is 45.6 Å². The van der Waals surface area contributed by atoms with Gasteiger partial charge in [-0.1, -0.05) is 11.8 Å². The molecular weight excluding hydrogens is 454 g/mol. The van der Waals surface area contributed by atoms with Crippen LogP contribution in [-0.2, 0) is 14.3 Å². The van der Waals surface area contributed by atoms with E-state index in [4.69, 9.17) is 19.2 Å². The van der Waals surface area contributed by atoms with Crippen LogP contribution in [-0.4, -0.2) is 60.3 Å². The van der Waals surface area contributed by atoms with Crippen LogP contribution >= 0.6 is 11.8 Å². The number of hydrogen-bond donors (Lipinski definition) is 0. The molecule has 0 bridgehead atoms. The van der Waals surface area contributed by atoms with E-state index in [2.05, 4.69) is 0 Å². The first kappa shape index (κ1) is 24.2.